The number of ether oxygens (including phenoxy) is 1. The molecule has 2 aromatic carbocycles. The zero-order valence-corrected chi connectivity index (χ0v) is 30.5. The highest BCUT2D eigenvalue weighted by atomic mass is 16.5. The van der Waals surface area contributed by atoms with Crippen LogP contribution in [0.3, 0.4) is 0 Å². The smallest absolute Gasteiger partial charge is 0.306 e. The first kappa shape index (κ1) is 36.5. The van der Waals surface area contributed by atoms with Crippen LogP contribution >= 0.6 is 0 Å². The summed E-state index contributed by atoms with van der Waals surface area (Å²) in [5.74, 6) is 2.35. The van der Waals surface area contributed by atoms with Gasteiger partial charge in [0.1, 0.15) is 6.10 Å². The Morgan fingerprint density at radius 1 is 0.750 bits per heavy atom. The van der Waals surface area contributed by atoms with E-state index in [1.807, 2.05) is 91.3 Å². The Kier molecular flexibility index (Phi) is 11.8. The van der Waals surface area contributed by atoms with Crippen LogP contribution in [0.25, 0.3) is 34.4 Å². The molecular formula is C46H47N4O2. The molecule has 0 spiro atoms. The molecule has 6 rings (SSSR count). The highest BCUT2D eigenvalue weighted by Gasteiger charge is 2.37. The summed E-state index contributed by atoms with van der Waals surface area (Å²) in [5.41, 5.74) is 6.56. The number of carbonyl (C=O) groups excluding carboxylic acids is 1. The number of pyridine rings is 2. The average molecular weight is 688 g/mol. The van der Waals surface area contributed by atoms with Crippen LogP contribution < -0.4 is 0 Å². The standard InChI is InChI=1S/C46H47N4O2/c1-30-13-22-45(42(33(30)4)21-20-41-19-16-39(29-50-41)44-12-8-6-10-37(44)27-48)52-46(51)25-34-23-31(2)32(3)35(24-34)14-17-40-18-15-38(28-49-40)43-11-7-5-9-36(43)26-47/h5-12,14-22,28-35,42,45H,13,23-25H2,1-4H3/b17-14+,21-20+/t30-,31-,32+,33+,34?,35+,42-,45+/m0/s1. The van der Waals surface area contributed by atoms with Crippen molar-refractivity contribution in [3.8, 4) is 34.4 Å². The Bertz CT molecular complexity index is 1980. The Labute approximate surface area is 308 Å². The number of nitriles is 2. The lowest BCUT2D eigenvalue weighted by Gasteiger charge is -2.39. The molecule has 263 valence electrons. The summed E-state index contributed by atoms with van der Waals surface area (Å²) in [6.07, 6.45) is 17.4. The van der Waals surface area contributed by atoms with Crippen molar-refractivity contribution in [1.29, 1.82) is 10.5 Å². The summed E-state index contributed by atoms with van der Waals surface area (Å²) in [6.45, 7) is 9.12. The number of esters is 1. The van der Waals surface area contributed by atoms with Gasteiger partial charge in [-0.3, -0.25) is 14.8 Å². The molecule has 2 aliphatic carbocycles. The van der Waals surface area contributed by atoms with Gasteiger partial charge in [-0.2, -0.15) is 10.5 Å². The molecule has 2 aliphatic rings. The van der Waals surface area contributed by atoms with Crippen LogP contribution in [-0.2, 0) is 9.53 Å². The van der Waals surface area contributed by atoms with Crippen LogP contribution in [0.15, 0.2) is 97.3 Å². The minimum Gasteiger partial charge on any atom is -0.461 e. The maximum Gasteiger partial charge on any atom is 0.306 e. The molecule has 2 heterocycles. The van der Waals surface area contributed by atoms with Crippen molar-refractivity contribution in [1.82, 2.24) is 9.97 Å². The van der Waals surface area contributed by atoms with E-state index in [4.69, 9.17) is 4.74 Å². The van der Waals surface area contributed by atoms with Crippen molar-refractivity contribution in [3.63, 3.8) is 0 Å². The van der Waals surface area contributed by atoms with Gasteiger partial charge in [0, 0.05) is 53.4 Å². The number of carbonyl (C=O) groups is 1. The van der Waals surface area contributed by atoms with Crippen molar-refractivity contribution < 1.29 is 9.53 Å². The second-order valence-electron chi connectivity index (χ2n) is 14.9. The van der Waals surface area contributed by atoms with Crippen molar-refractivity contribution in [2.45, 2.75) is 59.5 Å². The van der Waals surface area contributed by atoms with Gasteiger partial charge in [0.2, 0.25) is 0 Å². The molecule has 0 bridgehead atoms. The topological polar surface area (TPSA) is 99.7 Å². The van der Waals surface area contributed by atoms with Gasteiger partial charge in [-0.05, 0) is 91.2 Å². The fourth-order valence-corrected chi connectivity index (χ4v) is 7.95. The molecule has 0 saturated heterocycles. The molecule has 6 nitrogen and oxygen atoms in total. The quantitative estimate of drug-likeness (QED) is 0.162. The minimum absolute atomic E-state index is 0.0572. The van der Waals surface area contributed by atoms with Crippen LogP contribution in [-0.4, -0.2) is 22.0 Å². The molecule has 0 N–H and O–H groups in total. The van der Waals surface area contributed by atoms with Gasteiger partial charge in [-0.25, -0.2) is 0 Å². The molecule has 2 saturated carbocycles. The Balaban J connectivity index is 1.08. The Morgan fingerprint density at radius 3 is 1.88 bits per heavy atom. The van der Waals surface area contributed by atoms with E-state index in [9.17, 15) is 15.3 Å². The van der Waals surface area contributed by atoms with E-state index in [0.717, 1.165) is 52.9 Å². The zero-order chi connectivity index (χ0) is 36.6. The normalized spacial score (nSPS) is 26.1. The number of benzene rings is 2. The van der Waals surface area contributed by atoms with E-state index < -0.39 is 0 Å². The number of aromatic nitrogens is 2. The largest absolute Gasteiger partial charge is 0.461 e. The van der Waals surface area contributed by atoms with Crippen molar-refractivity contribution >= 4 is 18.1 Å². The van der Waals surface area contributed by atoms with E-state index in [1.54, 1.807) is 0 Å². The van der Waals surface area contributed by atoms with Crippen LogP contribution in [0.1, 0.15) is 75.9 Å². The summed E-state index contributed by atoms with van der Waals surface area (Å²) in [4.78, 5) is 22.9. The summed E-state index contributed by atoms with van der Waals surface area (Å²) < 4.78 is 6.26. The molecule has 1 radical (unpaired) electrons. The first-order valence-electron chi connectivity index (χ1n) is 18.5. The first-order valence-corrected chi connectivity index (χ1v) is 18.5. The summed E-state index contributed by atoms with van der Waals surface area (Å²) >= 11 is 0. The molecule has 2 aromatic heterocycles. The van der Waals surface area contributed by atoms with Crippen molar-refractivity contribution in [3.05, 3.63) is 126 Å². The summed E-state index contributed by atoms with van der Waals surface area (Å²) in [7, 11) is 0. The van der Waals surface area contributed by atoms with Gasteiger partial charge < -0.3 is 4.74 Å². The lowest BCUT2D eigenvalue weighted by atomic mass is 9.68. The number of allylic oxidation sites excluding steroid dienone is 1. The molecule has 0 amide bonds. The molecule has 6 heteroatoms. The van der Waals surface area contributed by atoms with Crippen molar-refractivity contribution in [2.75, 3.05) is 0 Å². The number of rotatable bonds is 9. The fraction of sp³-hybridized carbons (Fsp3) is 0.348. The Hall–Kier alpha value is -5.33. The van der Waals surface area contributed by atoms with Gasteiger partial charge in [0.05, 0.1) is 34.7 Å². The second kappa shape index (κ2) is 16.8. The Morgan fingerprint density at radius 2 is 1.33 bits per heavy atom. The molecule has 8 atom stereocenters. The van der Waals surface area contributed by atoms with Gasteiger partial charge in [0.15, 0.2) is 0 Å². The van der Waals surface area contributed by atoms with E-state index >= 15 is 0 Å². The zero-order valence-electron chi connectivity index (χ0n) is 30.5. The average Bonchev–Trinajstić information content (AvgIpc) is 3.17. The van der Waals surface area contributed by atoms with E-state index in [1.165, 1.54) is 0 Å². The predicted molar refractivity (Wildman–Crippen MR) is 207 cm³/mol. The highest BCUT2D eigenvalue weighted by molar-refractivity contribution is 5.72. The third-order valence-corrected chi connectivity index (χ3v) is 11.5. The maximum absolute atomic E-state index is 13.5. The lowest BCUT2D eigenvalue weighted by molar-refractivity contribution is -0.153. The molecule has 4 aromatic rings. The van der Waals surface area contributed by atoms with Crippen LogP contribution in [0.4, 0.5) is 0 Å². The van der Waals surface area contributed by atoms with Crippen LogP contribution in [0.2, 0.25) is 0 Å². The number of hydrogen-bond acceptors (Lipinski definition) is 6. The third-order valence-electron chi connectivity index (χ3n) is 11.5. The first-order chi connectivity index (χ1) is 25.2. The van der Waals surface area contributed by atoms with Crippen LogP contribution in [0.5, 0.6) is 0 Å². The van der Waals surface area contributed by atoms with Crippen molar-refractivity contribution in [2.24, 2.45) is 41.4 Å². The van der Waals surface area contributed by atoms with Crippen LogP contribution in [0, 0.1) is 70.5 Å². The molecule has 52 heavy (non-hydrogen) atoms. The second-order valence-corrected chi connectivity index (χ2v) is 14.9. The minimum atomic E-state index is -0.276. The van der Waals surface area contributed by atoms with Gasteiger partial charge in [-0.1, -0.05) is 88.4 Å². The fourth-order valence-electron chi connectivity index (χ4n) is 7.95. The summed E-state index contributed by atoms with van der Waals surface area (Å²) in [5, 5.41) is 19.0. The molecule has 0 aliphatic heterocycles. The van der Waals surface area contributed by atoms with Gasteiger partial charge in [-0.15, -0.1) is 0 Å². The molecule has 2 fully saturated rings. The molecule has 1 unspecified atom stereocenters. The van der Waals surface area contributed by atoms with Gasteiger partial charge in [0.25, 0.3) is 0 Å². The van der Waals surface area contributed by atoms with E-state index in [0.29, 0.717) is 47.1 Å². The SMILES string of the molecule is C[C@H]1[C@H](/C=C/c2ccc(-c3ccccc3C#N)cn2)[C@H](OC(=O)CC2C[C@@H](/C=C/c3ccc(-c4ccccc4C#N)cn3)[C@H](C)[C@@H](C)C2)[CH]C[C@@H]1C. The highest BCUT2D eigenvalue weighted by Crippen LogP contribution is 2.42. The van der Waals surface area contributed by atoms with Gasteiger partial charge >= 0.3 is 5.97 Å². The number of nitrogens with zero attached hydrogens (tertiary/aromatic N) is 4. The maximum atomic E-state index is 13.5. The predicted octanol–water partition coefficient (Wildman–Crippen LogP) is 10.4. The van der Waals surface area contributed by atoms with E-state index in [2.05, 4.69) is 74.5 Å². The van der Waals surface area contributed by atoms with E-state index in [-0.39, 0.29) is 23.9 Å². The number of hydrogen-bond donors (Lipinski definition) is 0. The molecular weight excluding hydrogens is 641 g/mol. The summed E-state index contributed by atoms with van der Waals surface area (Å²) in [6, 6.07) is 27.6. The monoisotopic (exact) mass is 687 g/mol. The third kappa shape index (κ3) is 8.58. The lowest BCUT2D eigenvalue weighted by Crippen LogP contribution is -2.38.